The molecule has 0 atom stereocenters. The van der Waals surface area contributed by atoms with E-state index in [9.17, 15) is 0 Å². The average Bonchev–Trinajstić information content (AvgIpc) is 2.22. The molecule has 1 aromatic rings. The first-order valence-electron chi connectivity index (χ1n) is 4.26. The summed E-state index contributed by atoms with van der Waals surface area (Å²) in [5, 5.41) is 12.3. The molecule has 0 spiro atoms. The highest BCUT2D eigenvalue weighted by molar-refractivity contribution is 6.32. The second-order valence-corrected chi connectivity index (χ2v) is 3.08. The van der Waals surface area contributed by atoms with Gasteiger partial charge in [-0.3, -0.25) is 4.98 Å². The van der Waals surface area contributed by atoms with Crippen LogP contribution in [-0.2, 0) is 0 Å². The summed E-state index contributed by atoms with van der Waals surface area (Å²) in [4.78, 5) is 3.87. The zero-order valence-corrected chi connectivity index (χ0v) is 8.57. The van der Waals surface area contributed by atoms with Crippen LogP contribution in [0, 0.1) is 0 Å². The number of aromatic nitrogens is 1. The van der Waals surface area contributed by atoms with E-state index < -0.39 is 0 Å². The molecule has 1 heterocycles. The molecule has 0 aromatic carbocycles. The van der Waals surface area contributed by atoms with Crippen LogP contribution in [0.2, 0.25) is 5.02 Å². The molecule has 1 aromatic heterocycles. The van der Waals surface area contributed by atoms with E-state index in [1.54, 1.807) is 30.6 Å². The fourth-order valence-electron chi connectivity index (χ4n) is 0.929. The molecule has 0 amide bonds. The predicted molar refractivity (Wildman–Crippen MR) is 57.8 cm³/mol. The van der Waals surface area contributed by atoms with Crippen molar-refractivity contribution in [3.8, 4) is 0 Å². The molecule has 1 rings (SSSR count). The molecule has 0 aliphatic rings. The number of allylic oxidation sites excluding steroid dienone is 1. The maximum absolute atomic E-state index is 8.56. The van der Waals surface area contributed by atoms with Gasteiger partial charge >= 0.3 is 0 Å². The number of rotatable bonds is 3. The summed E-state index contributed by atoms with van der Waals surface area (Å²) in [5.41, 5.74) is 1.47. The Hall–Kier alpha value is -1.35. The SMILES string of the molecule is CCC(C=Cc1ccncc1Cl)=NO. The molecule has 0 saturated heterocycles. The van der Waals surface area contributed by atoms with E-state index in [1.165, 1.54) is 0 Å². The van der Waals surface area contributed by atoms with E-state index in [1.807, 2.05) is 6.92 Å². The van der Waals surface area contributed by atoms with Crippen LogP contribution < -0.4 is 0 Å². The van der Waals surface area contributed by atoms with Crippen LogP contribution in [0.3, 0.4) is 0 Å². The smallest absolute Gasteiger partial charge is 0.0793 e. The number of oxime groups is 1. The largest absolute Gasteiger partial charge is 0.411 e. The molecule has 74 valence electrons. The maximum Gasteiger partial charge on any atom is 0.0793 e. The van der Waals surface area contributed by atoms with Crippen molar-refractivity contribution in [2.24, 2.45) is 5.16 Å². The van der Waals surface area contributed by atoms with Gasteiger partial charge in [-0.05, 0) is 24.1 Å². The van der Waals surface area contributed by atoms with Crippen molar-refractivity contribution < 1.29 is 5.21 Å². The molecule has 14 heavy (non-hydrogen) atoms. The van der Waals surface area contributed by atoms with Crippen LogP contribution in [0.4, 0.5) is 0 Å². The van der Waals surface area contributed by atoms with Crippen molar-refractivity contribution >= 4 is 23.4 Å². The van der Waals surface area contributed by atoms with Gasteiger partial charge in [-0.2, -0.15) is 0 Å². The van der Waals surface area contributed by atoms with E-state index in [0.29, 0.717) is 17.2 Å². The Bertz CT molecular complexity index is 361. The minimum atomic E-state index is 0.581. The molecule has 0 unspecified atom stereocenters. The van der Waals surface area contributed by atoms with Gasteiger partial charge < -0.3 is 5.21 Å². The third kappa shape index (κ3) is 2.85. The van der Waals surface area contributed by atoms with Gasteiger partial charge in [0.25, 0.3) is 0 Å². The van der Waals surface area contributed by atoms with Crippen molar-refractivity contribution in [3.63, 3.8) is 0 Å². The van der Waals surface area contributed by atoms with Crippen molar-refractivity contribution in [2.75, 3.05) is 0 Å². The highest BCUT2D eigenvalue weighted by atomic mass is 35.5. The van der Waals surface area contributed by atoms with Gasteiger partial charge in [0, 0.05) is 12.4 Å². The van der Waals surface area contributed by atoms with Crippen LogP contribution in [0.1, 0.15) is 18.9 Å². The first-order chi connectivity index (χ1) is 6.77. The van der Waals surface area contributed by atoms with Gasteiger partial charge in [-0.1, -0.05) is 29.8 Å². The molecule has 0 bridgehead atoms. The van der Waals surface area contributed by atoms with Gasteiger partial charge in [0.2, 0.25) is 0 Å². The van der Waals surface area contributed by atoms with Gasteiger partial charge in [0.15, 0.2) is 0 Å². The van der Waals surface area contributed by atoms with Crippen LogP contribution in [0.15, 0.2) is 29.7 Å². The monoisotopic (exact) mass is 210 g/mol. The maximum atomic E-state index is 8.56. The second kappa shape index (κ2) is 5.40. The normalized spacial score (nSPS) is 12.3. The highest BCUT2D eigenvalue weighted by Crippen LogP contribution is 2.14. The van der Waals surface area contributed by atoms with Gasteiger partial charge in [-0.25, -0.2) is 0 Å². The Morgan fingerprint density at radius 3 is 3.07 bits per heavy atom. The van der Waals surface area contributed by atoms with E-state index in [4.69, 9.17) is 16.8 Å². The first kappa shape index (κ1) is 10.7. The molecule has 1 N–H and O–H groups in total. The van der Waals surface area contributed by atoms with Crippen LogP contribution >= 0.6 is 11.6 Å². The molecule has 3 nitrogen and oxygen atoms in total. The summed E-state index contributed by atoms with van der Waals surface area (Å²) in [6, 6.07) is 1.80. The Balaban J connectivity index is 2.83. The van der Waals surface area contributed by atoms with Crippen molar-refractivity contribution in [3.05, 3.63) is 35.1 Å². The highest BCUT2D eigenvalue weighted by Gasteiger charge is 1.95. The van der Waals surface area contributed by atoms with E-state index >= 15 is 0 Å². The standard InChI is InChI=1S/C10H11ClN2O/c1-2-9(13-14)4-3-8-5-6-12-7-10(8)11/h3-7,14H,2H2,1H3. The van der Waals surface area contributed by atoms with Gasteiger partial charge in [0.1, 0.15) is 0 Å². The number of halogens is 1. The van der Waals surface area contributed by atoms with Crippen LogP contribution in [0.5, 0.6) is 0 Å². The lowest BCUT2D eigenvalue weighted by Gasteiger charge is -1.96. The number of nitrogens with zero attached hydrogens (tertiary/aromatic N) is 2. The zero-order chi connectivity index (χ0) is 10.4. The Morgan fingerprint density at radius 2 is 2.50 bits per heavy atom. The third-order valence-electron chi connectivity index (χ3n) is 1.75. The zero-order valence-electron chi connectivity index (χ0n) is 7.81. The van der Waals surface area contributed by atoms with Gasteiger partial charge in [-0.15, -0.1) is 0 Å². The Labute approximate surface area is 87.7 Å². The van der Waals surface area contributed by atoms with Crippen molar-refractivity contribution in [1.82, 2.24) is 4.98 Å². The minimum absolute atomic E-state index is 0.581. The molecule has 4 heteroatoms. The summed E-state index contributed by atoms with van der Waals surface area (Å²) in [6.07, 6.45) is 7.43. The summed E-state index contributed by atoms with van der Waals surface area (Å²) in [5.74, 6) is 0. The predicted octanol–water partition coefficient (Wildman–Crippen LogP) is 2.99. The third-order valence-corrected chi connectivity index (χ3v) is 2.07. The number of pyridine rings is 1. The van der Waals surface area contributed by atoms with Gasteiger partial charge in [0.05, 0.1) is 10.7 Å². The summed E-state index contributed by atoms with van der Waals surface area (Å²) < 4.78 is 0. The molecular weight excluding hydrogens is 200 g/mol. The number of hydrogen-bond acceptors (Lipinski definition) is 3. The Morgan fingerprint density at radius 1 is 1.71 bits per heavy atom. The topological polar surface area (TPSA) is 45.5 Å². The lowest BCUT2D eigenvalue weighted by molar-refractivity contribution is 0.318. The molecule has 0 radical (unpaired) electrons. The van der Waals surface area contributed by atoms with Crippen molar-refractivity contribution in [2.45, 2.75) is 13.3 Å². The molecular formula is C10H11ClN2O. The summed E-state index contributed by atoms with van der Waals surface area (Å²) in [7, 11) is 0. The van der Waals surface area contributed by atoms with Crippen LogP contribution in [-0.4, -0.2) is 15.9 Å². The number of hydrogen-bond donors (Lipinski definition) is 1. The fourth-order valence-corrected chi connectivity index (χ4v) is 1.11. The lowest BCUT2D eigenvalue weighted by atomic mass is 10.2. The first-order valence-corrected chi connectivity index (χ1v) is 4.64. The molecule has 0 aliphatic heterocycles. The van der Waals surface area contributed by atoms with E-state index in [2.05, 4.69) is 10.1 Å². The lowest BCUT2D eigenvalue weighted by Crippen LogP contribution is -1.89. The van der Waals surface area contributed by atoms with E-state index in [0.717, 1.165) is 5.56 Å². The second-order valence-electron chi connectivity index (χ2n) is 2.68. The quantitative estimate of drug-likeness (QED) is 0.474. The molecule has 0 saturated carbocycles. The van der Waals surface area contributed by atoms with Crippen molar-refractivity contribution in [1.29, 1.82) is 0 Å². The summed E-state index contributed by atoms with van der Waals surface area (Å²) in [6.45, 7) is 1.91. The average molecular weight is 211 g/mol. The fraction of sp³-hybridized carbons (Fsp3) is 0.200. The van der Waals surface area contributed by atoms with E-state index in [-0.39, 0.29) is 0 Å². The Kier molecular flexibility index (Phi) is 4.13. The molecule has 0 aliphatic carbocycles. The summed E-state index contributed by atoms with van der Waals surface area (Å²) >= 11 is 5.88. The molecule has 0 fully saturated rings. The van der Waals surface area contributed by atoms with Crippen LogP contribution in [0.25, 0.3) is 6.08 Å². The minimum Gasteiger partial charge on any atom is -0.411 e.